The molecule has 19 heavy (non-hydrogen) atoms. The molecule has 4 heteroatoms. The minimum absolute atomic E-state index is 0.173. The Balaban J connectivity index is 2.65. The second-order valence-corrected chi connectivity index (χ2v) is 7.27. The summed E-state index contributed by atoms with van der Waals surface area (Å²) in [7, 11) is 1.75. The maximum absolute atomic E-state index is 11.5. The molecule has 0 N–H and O–H groups in total. The molecule has 2 nitrogen and oxygen atoms in total. The molecule has 0 amide bonds. The summed E-state index contributed by atoms with van der Waals surface area (Å²) in [4.78, 5) is 0.173. The van der Waals surface area contributed by atoms with Gasteiger partial charge in [-0.1, -0.05) is 35.9 Å². The molecule has 2 aromatic rings. The molecule has 0 bridgehead atoms. The van der Waals surface area contributed by atoms with E-state index in [4.69, 9.17) is 10.7 Å². The van der Waals surface area contributed by atoms with Crippen molar-refractivity contribution in [2.75, 3.05) is 0 Å². The van der Waals surface area contributed by atoms with Crippen LogP contribution in [-0.2, 0) is 9.05 Å². The maximum atomic E-state index is 11.5. The summed E-state index contributed by atoms with van der Waals surface area (Å²) in [6.45, 7) is 5.78. The first-order chi connectivity index (χ1) is 8.79. The highest BCUT2D eigenvalue weighted by molar-refractivity contribution is 8.13. The topological polar surface area (TPSA) is 34.1 Å². The fraction of sp³-hybridized carbons (Fsp3) is 0.200. The predicted molar refractivity (Wildman–Crippen MR) is 79.1 cm³/mol. The molecule has 0 aliphatic carbocycles. The molecule has 100 valence electrons. The number of hydrogen-bond donors (Lipinski definition) is 0. The summed E-state index contributed by atoms with van der Waals surface area (Å²) in [5.74, 6) is 0. The van der Waals surface area contributed by atoms with Gasteiger partial charge in [-0.05, 0) is 49.1 Å². The van der Waals surface area contributed by atoms with Crippen molar-refractivity contribution in [3.8, 4) is 11.1 Å². The lowest BCUT2D eigenvalue weighted by Gasteiger charge is -2.10. The Hall–Kier alpha value is -1.32. The zero-order valence-electron chi connectivity index (χ0n) is 11.1. The smallest absolute Gasteiger partial charge is 0.207 e. The average Bonchev–Trinajstić information content (AvgIpc) is 2.29. The van der Waals surface area contributed by atoms with Gasteiger partial charge in [0.1, 0.15) is 0 Å². The first kappa shape index (κ1) is 14.1. The van der Waals surface area contributed by atoms with Crippen molar-refractivity contribution in [1.82, 2.24) is 0 Å². The Morgan fingerprint density at radius 3 is 2.16 bits per heavy atom. The summed E-state index contributed by atoms with van der Waals surface area (Å²) in [6, 6.07) is 11.4. The van der Waals surface area contributed by atoms with Crippen molar-refractivity contribution < 1.29 is 8.42 Å². The van der Waals surface area contributed by atoms with Gasteiger partial charge in [-0.15, -0.1) is 0 Å². The lowest BCUT2D eigenvalue weighted by atomic mass is 9.98. The molecule has 0 radical (unpaired) electrons. The standard InChI is InChI=1S/C15H15ClO2S/c1-10-4-7-14(12(3)8-10)13-6-5-11(2)15(9-13)19(16,17)18/h4-9H,1-3H3. The van der Waals surface area contributed by atoms with Crippen molar-refractivity contribution in [3.05, 3.63) is 53.1 Å². The van der Waals surface area contributed by atoms with Crippen LogP contribution in [0.5, 0.6) is 0 Å². The van der Waals surface area contributed by atoms with Crippen molar-refractivity contribution in [2.24, 2.45) is 0 Å². The quantitative estimate of drug-likeness (QED) is 0.778. The fourth-order valence-electron chi connectivity index (χ4n) is 2.17. The SMILES string of the molecule is Cc1ccc(-c2ccc(C)c(S(=O)(=O)Cl)c2)c(C)c1. The Bertz CT molecular complexity index is 734. The Morgan fingerprint density at radius 1 is 0.895 bits per heavy atom. The molecule has 0 heterocycles. The van der Waals surface area contributed by atoms with Gasteiger partial charge in [-0.25, -0.2) is 8.42 Å². The van der Waals surface area contributed by atoms with E-state index in [0.29, 0.717) is 5.56 Å². The molecule has 0 atom stereocenters. The summed E-state index contributed by atoms with van der Waals surface area (Å²) >= 11 is 0. The first-order valence-corrected chi connectivity index (χ1v) is 8.23. The monoisotopic (exact) mass is 294 g/mol. The predicted octanol–water partition coefficient (Wildman–Crippen LogP) is 4.21. The van der Waals surface area contributed by atoms with Crippen LogP contribution < -0.4 is 0 Å². The van der Waals surface area contributed by atoms with E-state index in [1.807, 2.05) is 32.0 Å². The average molecular weight is 295 g/mol. The number of hydrogen-bond acceptors (Lipinski definition) is 2. The molecule has 2 rings (SSSR count). The third kappa shape index (κ3) is 2.99. The highest BCUT2D eigenvalue weighted by Crippen LogP contribution is 2.29. The van der Waals surface area contributed by atoms with Crippen LogP contribution in [0.4, 0.5) is 0 Å². The molecule has 0 aliphatic rings. The first-order valence-electron chi connectivity index (χ1n) is 5.92. The van der Waals surface area contributed by atoms with E-state index in [0.717, 1.165) is 16.7 Å². The Morgan fingerprint density at radius 2 is 1.58 bits per heavy atom. The van der Waals surface area contributed by atoms with Gasteiger partial charge < -0.3 is 0 Å². The highest BCUT2D eigenvalue weighted by Gasteiger charge is 2.15. The maximum Gasteiger partial charge on any atom is 0.261 e. The molecule has 0 unspecified atom stereocenters. The summed E-state index contributed by atoms with van der Waals surface area (Å²) in [5.41, 5.74) is 4.83. The third-order valence-corrected chi connectivity index (χ3v) is 4.61. The number of rotatable bonds is 2. The molecule has 2 aromatic carbocycles. The van der Waals surface area contributed by atoms with Crippen LogP contribution in [0.3, 0.4) is 0 Å². The van der Waals surface area contributed by atoms with Crippen LogP contribution in [0.2, 0.25) is 0 Å². The van der Waals surface area contributed by atoms with Crippen molar-refractivity contribution in [3.63, 3.8) is 0 Å². The van der Waals surface area contributed by atoms with E-state index >= 15 is 0 Å². The molecule has 0 saturated carbocycles. The second-order valence-electron chi connectivity index (χ2n) is 4.74. The van der Waals surface area contributed by atoms with E-state index in [2.05, 4.69) is 6.07 Å². The van der Waals surface area contributed by atoms with Crippen LogP contribution in [0, 0.1) is 20.8 Å². The molecule has 0 spiro atoms. The van der Waals surface area contributed by atoms with Crippen LogP contribution in [0.25, 0.3) is 11.1 Å². The van der Waals surface area contributed by atoms with Crippen LogP contribution >= 0.6 is 10.7 Å². The van der Waals surface area contributed by atoms with Crippen molar-refractivity contribution >= 4 is 19.7 Å². The van der Waals surface area contributed by atoms with Gasteiger partial charge in [-0.3, -0.25) is 0 Å². The van der Waals surface area contributed by atoms with E-state index in [-0.39, 0.29) is 4.90 Å². The van der Waals surface area contributed by atoms with Gasteiger partial charge >= 0.3 is 0 Å². The van der Waals surface area contributed by atoms with Gasteiger partial charge in [0.25, 0.3) is 9.05 Å². The zero-order valence-corrected chi connectivity index (χ0v) is 12.6. The summed E-state index contributed by atoms with van der Waals surface area (Å²) in [5, 5.41) is 0. The van der Waals surface area contributed by atoms with Crippen molar-refractivity contribution in [1.29, 1.82) is 0 Å². The van der Waals surface area contributed by atoms with Gasteiger partial charge in [0, 0.05) is 10.7 Å². The highest BCUT2D eigenvalue weighted by atomic mass is 35.7. The van der Waals surface area contributed by atoms with Crippen LogP contribution in [0.1, 0.15) is 16.7 Å². The molecule has 0 aliphatic heterocycles. The summed E-state index contributed by atoms with van der Waals surface area (Å²) < 4.78 is 23.1. The van der Waals surface area contributed by atoms with Crippen LogP contribution in [0.15, 0.2) is 41.3 Å². The zero-order chi connectivity index (χ0) is 14.2. The van der Waals surface area contributed by atoms with Gasteiger partial charge in [0.15, 0.2) is 0 Å². The van der Waals surface area contributed by atoms with Gasteiger partial charge in [0.2, 0.25) is 0 Å². The number of aryl methyl sites for hydroxylation is 3. The number of halogens is 1. The molecule has 0 saturated heterocycles. The second kappa shape index (κ2) is 4.99. The fourth-order valence-corrected chi connectivity index (χ4v) is 3.39. The molecule has 0 aromatic heterocycles. The number of benzene rings is 2. The van der Waals surface area contributed by atoms with Gasteiger partial charge in [0.05, 0.1) is 4.90 Å². The molecular weight excluding hydrogens is 280 g/mol. The van der Waals surface area contributed by atoms with E-state index in [1.165, 1.54) is 5.56 Å². The largest absolute Gasteiger partial charge is 0.261 e. The molecular formula is C15H15ClO2S. The van der Waals surface area contributed by atoms with E-state index in [1.54, 1.807) is 19.1 Å². The van der Waals surface area contributed by atoms with E-state index in [9.17, 15) is 8.42 Å². The normalized spacial score (nSPS) is 11.6. The Kier molecular flexibility index (Phi) is 3.70. The lowest BCUT2D eigenvalue weighted by molar-refractivity contribution is 0.609. The van der Waals surface area contributed by atoms with Crippen LogP contribution in [-0.4, -0.2) is 8.42 Å². The van der Waals surface area contributed by atoms with Gasteiger partial charge in [-0.2, -0.15) is 0 Å². The summed E-state index contributed by atoms with van der Waals surface area (Å²) in [6.07, 6.45) is 0. The third-order valence-electron chi connectivity index (χ3n) is 3.14. The Labute approximate surface area is 118 Å². The minimum atomic E-state index is -3.71. The lowest BCUT2D eigenvalue weighted by Crippen LogP contribution is -1.95. The molecule has 0 fully saturated rings. The van der Waals surface area contributed by atoms with Crippen molar-refractivity contribution in [2.45, 2.75) is 25.7 Å². The minimum Gasteiger partial charge on any atom is -0.207 e. The van der Waals surface area contributed by atoms with E-state index < -0.39 is 9.05 Å².